The predicted octanol–water partition coefficient (Wildman–Crippen LogP) is 7.92. The highest BCUT2D eigenvalue weighted by molar-refractivity contribution is 6.90. The molecule has 2 saturated heterocycles. The number of aliphatic hydroxyl groups excluding tert-OH is 1. The van der Waals surface area contributed by atoms with Crippen LogP contribution in [0.1, 0.15) is 72.8 Å². The van der Waals surface area contributed by atoms with Crippen molar-refractivity contribution in [2.75, 3.05) is 31.6 Å². The summed E-state index contributed by atoms with van der Waals surface area (Å²) in [4.78, 5) is 17.6. The van der Waals surface area contributed by atoms with Crippen LogP contribution in [0.15, 0.2) is 30.5 Å². The first-order chi connectivity index (χ1) is 24.7. The number of hydrogen-bond acceptors (Lipinski definition) is 8. The maximum Gasteiger partial charge on any atom is 0.319 e. The summed E-state index contributed by atoms with van der Waals surface area (Å²) in [6.07, 6.45) is 2.65. The van der Waals surface area contributed by atoms with Gasteiger partial charge in [-0.15, -0.1) is 5.54 Å². The van der Waals surface area contributed by atoms with E-state index in [1.165, 1.54) is 24.4 Å². The van der Waals surface area contributed by atoms with Crippen molar-refractivity contribution in [3.8, 4) is 34.5 Å². The summed E-state index contributed by atoms with van der Waals surface area (Å²) in [6, 6.07) is 5.26. The fourth-order valence-corrected chi connectivity index (χ4v) is 14.5. The molecule has 8 nitrogen and oxygen atoms in total. The quantitative estimate of drug-likeness (QED) is 0.133. The summed E-state index contributed by atoms with van der Waals surface area (Å²) < 4.78 is 53.6. The van der Waals surface area contributed by atoms with Crippen LogP contribution < -0.4 is 9.64 Å². The zero-order chi connectivity index (χ0) is 37.3. The number of halogens is 3. The molecular weight excluding hydrogens is 684 g/mol. The Morgan fingerprint density at radius 1 is 1.10 bits per heavy atom. The van der Waals surface area contributed by atoms with Gasteiger partial charge < -0.3 is 19.8 Å². The van der Waals surface area contributed by atoms with Gasteiger partial charge in [-0.3, -0.25) is 9.88 Å². The Kier molecular flexibility index (Phi) is 9.45. The van der Waals surface area contributed by atoms with Gasteiger partial charge >= 0.3 is 6.01 Å². The number of phenolic OH excluding ortho intramolecular Hbond substituents is 1. The number of phenols is 1. The molecule has 12 heteroatoms. The largest absolute Gasteiger partial charge is 0.508 e. The lowest BCUT2D eigenvalue weighted by Crippen LogP contribution is -2.43. The van der Waals surface area contributed by atoms with Crippen molar-refractivity contribution in [1.29, 1.82) is 0 Å². The first-order valence-electron chi connectivity index (χ1n) is 18.4. The zero-order valence-corrected chi connectivity index (χ0v) is 32.0. The number of fused-ring (bicyclic) bond motifs is 3. The monoisotopic (exact) mass is 731 g/mol. The third-order valence-corrected chi connectivity index (χ3v) is 18.3. The van der Waals surface area contributed by atoms with E-state index in [0.717, 1.165) is 19.4 Å². The lowest BCUT2D eigenvalue weighted by Gasteiger charge is -2.38. The maximum absolute atomic E-state index is 17.1. The van der Waals surface area contributed by atoms with Crippen LogP contribution in [0.25, 0.3) is 32.9 Å². The van der Waals surface area contributed by atoms with Gasteiger partial charge in [-0.2, -0.15) is 9.97 Å². The number of rotatable bonds is 9. The Bertz CT molecular complexity index is 2080. The summed E-state index contributed by atoms with van der Waals surface area (Å²) in [5.74, 6) is 2.03. The van der Waals surface area contributed by atoms with Gasteiger partial charge in [-0.05, 0) is 66.0 Å². The van der Waals surface area contributed by atoms with Crippen molar-refractivity contribution in [3.63, 3.8) is 0 Å². The number of aromatic nitrogens is 3. The molecule has 2 N–H and O–H groups in total. The maximum atomic E-state index is 17.1. The van der Waals surface area contributed by atoms with Crippen LogP contribution in [0.4, 0.5) is 19.0 Å². The Balaban J connectivity index is 1.40. The molecule has 52 heavy (non-hydrogen) atoms. The van der Waals surface area contributed by atoms with E-state index < -0.39 is 38.0 Å². The molecule has 0 spiro atoms. The summed E-state index contributed by atoms with van der Waals surface area (Å²) in [7, 11) is -0.578. The van der Waals surface area contributed by atoms with E-state index in [-0.39, 0.29) is 57.4 Å². The second kappa shape index (κ2) is 13.5. The fourth-order valence-electron chi connectivity index (χ4n) is 9.28. The molecule has 0 amide bonds. The van der Waals surface area contributed by atoms with E-state index in [4.69, 9.17) is 4.74 Å². The minimum absolute atomic E-state index is 0.0696. The number of ether oxygens (including phenoxy) is 1. The Morgan fingerprint density at radius 3 is 2.48 bits per heavy atom. The Hall–Kier alpha value is -3.92. The highest BCUT2D eigenvalue weighted by Gasteiger charge is 2.49. The molecule has 3 fully saturated rings. The van der Waals surface area contributed by atoms with Crippen molar-refractivity contribution >= 4 is 35.6 Å². The highest BCUT2D eigenvalue weighted by atomic mass is 28.3. The molecule has 1 aliphatic carbocycles. The molecule has 2 aromatic heterocycles. The average molecular weight is 732 g/mol. The number of pyridine rings is 1. The summed E-state index contributed by atoms with van der Waals surface area (Å²) in [6.45, 7) is 14.7. The lowest BCUT2D eigenvalue weighted by atomic mass is 9.94. The van der Waals surface area contributed by atoms with Gasteiger partial charge in [0.15, 0.2) is 5.82 Å². The molecule has 4 aromatic rings. The number of alkyl halides is 1. The molecule has 4 atom stereocenters. The molecule has 1 saturated carbocycles. The summed E-state index contributed by atoms with van der Waals surface area (Å²) in [5, 5.41) is 22.4. The standard InChI is InChI=1S/C40H48F3N5O3Si/c1-22(2)52(23(3)4,24(5)6)14-11-28-31(41)10-9-25-15-26(49)16-29(34(25)28)36-35(43)37-30(19-44-36)38(47(7)33-17-32(33)42)46-39(45-37)51-21-40-12-8-13-48(40)20-27(50)18-40/h9-10,15-16,19,22-24,27,32-33,49-50H,8,12-13,17-18,20-21H2,1-7H3/t27-,32-,33-,40+/m1/s1. The van der Waals surface area contributed by atoms with Gasteiger partial charge in [-0.1, -0.05) is 53.5 Å². The number of aliphatic hydroxyl groups is 1. The van der Waals surface area contributed by atoms with Crippen LogP contribution in [-0.2, 0) is 0 Å². The Morgan fingerprint density at radius 2 is 1.81 bits per heavy atom. The topological polar surface area (TPSA) is 94.8 Å². The number of benzene rings is 2. The number of anilines is 1. The minimum atomic E-state index is -2.28. The third-order valence-electron chi connectivity index (χ3n) is 12.0. The smallest absolute Gasteiger partial charge is 0.319 e. The van der Waals surface area contributed by atoms with E-state index in [1.807, 2.05) is 0 Å². The molecule has 0 radical (unpaired) electrons. The van der Waals surface area contributed by atoms with Crippen LogP contribution in [0.5, 0.6) is 11.8 Å². The van der Waals surface area contributed by atoms with E-state index in [9.17, 15) is 14.6 Å². The normalized spacial score (nSPS) is 23.2. The molecule has 2 aromatic carbocycles. The van der Waals surface area contributed by atoms with Crippen LogP contribution in [0.2, 0.25) is 16.6 Å². The zero-order valence-electron chi connectivity index (χ0n) is 31.0. The van der Waals surface area contributed by atoms with Crippen molar-refractivity contribution in [2.45, 2.75) is 108 Å². The molecule has 0 bridgehead atoms. The summed E-state index contributed by atoms with van der Waals surface area (Å²) >= 11 is 0. The van der Waals surface area contributed by atoms with Crippen molar-refractivity contribution in [3.05, 3.63) is 47.7 Å². The van der Waals surface area contributed by atoms with Gasteiger partial charge in [0, 0.05) is 37.2 Å². The van der Waals surface area contributed by atoms with Gasteiger partial charge in [-0.25, -0.2) is 13.2 Å². The van der Waals surface area contributed by atoms with E-state index in [1.54, 1.807) is 18.0 Å². The minimum Gasteiger partial charge on any atom is -0.508 e. The highest BCUT2D eigenvalue weighted by Crippen LogP contribution is 2.44. The third kappa shape index (κ3) is 6.08. The molecule has 4 heterocycles. The van der Waals surface area contributed by atoms with E-state index in [2.05, 4.69) is 72.9 Å². The first-order valence-corrected chi connectivity index (χ1v) is 20.7. The van der Waals surface area contributed by atoms with Crippen molar-refractivity contribution < 1.29 is 28.1 Å². The number of hydrogen-bond donors (Lipinski definition) is 2. The molecule has 276 valence electrons. The van der Waals surface area contributed by atoms with Gasteiger partial charge in [0.1, 0.15) is 49.4 Å². The number of nitrogens with zero attached hydrogens (tertiary/aromatic N) is 5. The molecule has 0 unspecified atom stereocenters. The molecular formula is C40H48F3N5O3Si. The van der Waals surface area contributed by atoms with Crippen molar-refractivity contribution in [2.24, 2.45) is 0 Å². The van der Waals surface area contributed by atoms with Crippen LogP contribution in [-0.4, -0.2) is 88.7 Å². The van der Waals surface area contributed by atoms with Gasteiger partial charge in [0.05, 0.1) is 28.6 Å². The van der Waals surface area contributed by atoms with Gasteiger partial charge in [0.25, 0.3) is 0 Å². The Labute approximate surface area is 304 Å². The average Bonchev–Trinajstić information content (AvgIpc) is 3.56. The van der Waals surface area contributed by atoms with Crippen LogP contribution in [0.3, 0.4) is 0 Å². The van der Waals surface area contributed by atoms with E-state index in [0.29, 0.717) is 46.8 Å². The van der Waals surface area contributed by atoms with Crippen LogP contribution >= 0.6 is 0 Å². The molecule has 3 aliphatic rings. The molecule has 2 aliphatic heterocycles. The van der Waals surface area contributed by atoms with E-state index >= 15 is 8.78 Å². The molecule has 7 rings (SSSR count). The summed E-state index contributed by atoms with van der Waals surface area (Å²) in [5.41, 5.74) is 4.22. The van der Waals surface area contributed by atoms with Gasteiger partial charge in [0.2, 0.25) is 0 Å². The lowest BCUT2D eigenvalue weighted by molar-refractivity contribution is 0.107. The van der Waals surface area contributed by atoms with Crippen LogP contribution in [0, 0.1) is 23.1 Å². The number of β-amino-alcohol motifs (C(OH)–C–C–N with tert-alkyl or cyclic N) is 1. The SMILES string of the molecule is CC(C)[Si](C#Cc1c(F)ccc2cc(O)cc(-c3ncc4c(N(C)[C@@H]5C[C@H]5F)nc(OC[C@@]56CCCN5C[C@H](O)C6)nc4c3F)c12)(C(C)C)C(C)C. The first kappa shape index (κ1) is 36.4. The second-order valence-corrected chi connectivity index (χ2v) is 21.6. The fraction of sp³-hybridized carbons (Fsp3) is 0.525. The van der Waals surface area contributed by atoms with Crippen molar-refractivity contribution in [1.82, 2.24) is 19.9 Å². The second-order valence-electron chi connectivity index (χ2n) is 16.0. The predicted molar refractivity (Wildman–Crippen MR) is 201 cm³/mol. The number of aromatic hydroxyl groups is 1.